The standard InChI is InChI=1S/C9H16O6/c1-8(13)6(11)3-9(14,15-2)5(4-10)7(8)12/h3,5,7,10-14H,4H2,1-2H3. The molecule has 1 aliphatic carbocycles. The summed E-state index contributed by atoms with van der Waals surface area (Å²) in [5.74, 6) is -3.71. The number of ether oxygens (including phenoxy) is 1. The Kier molecular flexibility index (Phi) is 3.09. The van der Waals surface area contributed by atoms with Crippen molar-refractivity contribution >= 4 is 0 Å². The minimum Gasteiger partial charge on any atom is -0.509 e. The molecule has 5 N–H and O–H groups in total. The molecule has 0 aromatic carbocycles. The summed E-state index contributed by atoms with van der Waals surface area (Å²) in [6, 6.07) is 0. The van der Waals surface area contributed by atoms with Crippen LogP contribution in [0.2, 0.25) is 0 Å². The van der Waals surface area contributed by atoms with E-state index in [-0.39, 0.29) is 0 Å². The highest BCUT2D eigenvalue weighted by Crippen LogP contribution is 2.37. The second-order valence-electron chi connectivity index (χ2n) is 3.87. The lowest BCUT2D eigenvalue weighted by Gasteiger charge is -2.44. The summed E-state index contributed by atoms with van der Waals surface area (Å²) in [5.41, 5.74) is -1.90. The van der Waals surface area contributed by atoms with Gasteiger partial charge in [-0.3, -0.25) is 0 Å². The van der Waals surface area contributed by atoms with Gasteiger partial charge in [-0.25, -0.2) is 0 Å². The molecule has 0 saturated carbocycles. The van der Waals surface area contributed by atoms with Gasteiger partial charge in [-0.15, -0.1) is 0 Å². The summed E-state index contributed by atoms with van der Waals surface area (Å²) in [5, 5.41) is 47.6. The molecule has 1 aliphatic rings. The fourth-order valence-corrected chi connectivity index (χ4v) is 1.66. The Morgan fingerprint density at radius 1 is 1.47 bits per heavy atom. The van der Waals surface area contributed by atoms with Crippen molar-refractivity contribution in [3.8, 4) is 0 Å². The van der Waals surface area contributed by atoms with E-state index in [1.54, 1.807) is 0 Å². The molecule has 0 aromatic rings. The minimum atomic E-state index is -1.99. The van der Waals surface area contributed by atoms with Gasteiger partial charge in [-0.05, 0) is 6.92 Å². The Morgan fingerprint density at radius 2 is 2.00 bits per heavy atom. The first-order valence-electron chi connectivity index (χ1n) is 4.50. The summed E-state index contributed by atoms with van der Waals surface area (Å²) in [7, 11) is 1.17. The van der Waals surface area contributed by atoms with E-state index in [4.69, 9.17) is 9.84 Å². The molecule has 6 nitrogen and oxygen atoms in total. The highest BCUT2D eigenvalue weighted by molar-refractivity contribution is 5.22. The van der Waals surface area contributed by atoms with Crippen LogP contribution >= 0.6 is 0 Å². The van der Waals surface area contributed by atoms with Crippen molar-refractivity contribution in [3.05, 3.63) is 11.8 Å². The zero-order chi connectivity index (χ0) is 11.9. The van der Waals surface area contributed by atoms with Gasteiger partial charge in [0.15, 0.2) is 5.79 Å². The first-order chi connectivity index (χ1) is 6.79. The average Bonchev–Trinajstić information content (AvgIpc) is 2.16. The Morgan fingerprint density at radius 3 is 2.40 bits per heavy atom. The summed E-state index contributed by atoms with van der Waals surface area (Å²) in [6.07, 6.45) is -0.655. The highest BCUT2D eigenvalue weighted by atomic mass is 16.6. The van der Waals surface area contributed by atoms with E-state index in [1.807, 2.05) is 0 Å². The smallest absolute Gasteiger partial charge is 0.196 e. The second kappa shape index (κ2) is 3.73. The van der Waals surface area contributed by atoms with Crippen molar-refractivity contribution in [3.63, 3.8) is 0 Å². The number of aliphatic hydroxyl groups excluding tert-OH is 3. The minimum absolute atomic E-state index is 0.592. The van der Waals surface area contributed by atoms with Crippen LogP contribution in [0.15, 0.2) is 11.8 Å². The summed E-state index contributed by atoms with van der Waals surface area (Å²) in [6.45, 7) is 0.590. The van der Waals surface area contributed by atoms with Crippen LogP contribution in [-0.4, -0.2) is 56.7 Å². The van der Waals surface area contributed by atoms with Crippen molar-refractivity contribution in [1.29, 1.82) is 0 Å². The van der Waals surface area contributed by atoms with Crippen LogP contribution in [-0.2, 0) is 4.74 Å². The molecule has 0 bridgehead atoms. The lowest BCUT2D eigenvalue weighted by molar-refractivity contribution is -0.247. The fraction of sp³-hybridized carbons (Fsp3) is 0.778. The largest absolute Gasteiger partial charge is 0.509 e. The molecule has 0 aliphatic heterocycles. The lowest BCUT2D eigenvalue weighted by Crippen LogP contribution is -2.59. The topological polar surface area (TPSA) is 110 Å². The number of methoxy groups -OCH3 is 1. The molecule has 4 unspecified atom stereocenters. The molecule has 15 heavy (non-hydrogen) atoms. The SMILES string of the molecule is COC1(O)C=C(O)C(C)(O)C(O)C1CO. The van der Waals surface area contributed by atoms with Gasteiger partial charge in [0.1, 0.15) is 17.5 Å². The average molecular weight is 220 g/mol. The van der Waals surface area contributed by atoms with Crippen LogP contribution in [0.25, 0.3) is 0 Å². The van der Waals surface area contributed by atoms with Crippen LogP contribution in [0, 0.1) is 5.92 Å². The van der Waals surface area contributed by atoms with Crippen LogP contribution in [0.4, 0.5) is 0 Å². The molecular weight excluding hydrogens is 204 g/mol. The molecule has 1 rings (SSSR count). The Bertz CT molecular complexity index is 274. The maximum atomic E-state index is 9.82. The van der Waals surface area contributed by atoms with Crippen LogP contribution in [0.5, 0.6) is 0 Å². The van der Waals surface area contributed by atoms with E-state index < -0.39 is 35.8 Å². The molecule has 0 radical (unpaired) electrons. The highest BCUT2D eigenvalue weighted by Gasteiger charge is 2.53. The molecule has 0 heterocycles. The molecule has 6 heteroatoms. The van der Waals surface area contributed by atoms with Crippen molar-refractivity contribution in [2.75, 3.05) is 13.7 Å². The quantitative estimate of drug-likeness (QED) is 0.362. The van der Waals surface area contributed by atoms with Gasteiger partial charge in [0.2, 0.25) is 0 Å². The van der Waals surface area contributed by atoms with Crippen molar-refractivity contribution < 1.29 is 30.3 Å². The molecule has 0 fully saturated rings. The molecule has 0 spiro atoms. The Labute approximate surface area is 87.0 Å². The third-order valence-corrected chi connectivity index (χ3v) is 2.87. The number of hydrogen-bond donors (Lipinski definition) is 5. The predicted molar refractivity (Wildman–Crippen MR) is 49.9 cm³/mol. The first-order valence-corrected chi connectivity index (χ1v) is 4.50. The monoisotopic (exact) mass is 220 g/mol. The van der Waals surface area contributed by atoms with E-state index in [0.717, 1.165) is 6.08 Å². The van der Waals surface area contributed by atoms with Gasteiger partial charge >= 0.3 is 0 Å². The second-order valence-corrected chi connectivity index (χ2v) is 3.87. The van der Waals surface area contributed by atoms with Crippen molar-refractivity contribution in [2.45, 2.75) is 24.4 Å². The normalized spacial score (nSPS) is 46.4. The predicted octanol–water partition coefficient (Wildman–Crippen LogP) is -1.50. The summed E-state index contributed by atoms with van der Waals surface area (Å²) < 4.78 is 4.70. The number of hydrogen-bond acceptors (Lipinski definition) is 6. The van der Waals surface area contributed by atoms with Gasteiger partial charge in [0, 0.05) is 13.2 Å². The first kappa shape index (κ1) is 12.4. The maximum absolute atomic E-state index is 9.82. The molecule has 4 atom stereocenters. The van der Waals surface area contributed by atoms with Gasteiger partial charge in [-0.2, -0.15) is 0 Å². The summed E-state index contributed by atoms with van der Waals surface area (Å²) in [4.78, 5) is 0. The fourth-order valence-electron chi connectivity index (χ4n) is 1.66. The molecule has 88 valence electrons. The van der Waals surface area contributed by atoms with E-state index in [1.165, 1.54) is 14.0 Å². The van der Waals surface area contributed by atoms with Crippen LogP contribution in [0.3, 0.4) is 0 Å². The third-order valence-electron chi connectivity index (χ3n) is 2.87. The zero-order valence-corrected chi connectivity index (χ0v) is 8.58. The van der Waals surface area contributed by atoms with Gasteiger partial charge < -0.3 is 30.3 Å². The molecule has 0 saturated heterocycles. The van der Waals surface area contributed by atoms with Gasteiger partial charge in [0.25, 0.3) is 0 Å². The summed E-state index contributed by atoms with van der Waals surface area (Å²) >= 11 is 0. The van der Waals surface area contributed by atoms with Gasteiger partial charge in [0.05, 0.1) is 12.5 Å². The molecule has 0 amide bonds. The van der Waals surface area contributed by atoms with Gasteiger partial charge in [-0.1, -0.05) is 0 Å². The van der Waals surface area contributed by atoms with E-state index >= 15 is 0 Å². The van der Waals surface area contributed by atoms with Crippen LogP contribution in [0.1, 0.15) is 6.92 Å². The van der Waals surface area contributed by atoms with Crippen LogP contribution < -0.4 is 0 Å². The maximum Gasteiger partial charge on any atom is 0.196 e. The Balaban J connectivity index is 3.20. The number of aliphatic hydroxyl groups is 5. The molecular formula is C9H16O6. The van der Waals surface area contributed by atoms with Crippen molar-refractivity contribution in [1.82, 2.24) is 0 Å². The van der Waals surface area contributed by atoms with E-state index in [0.29, 0.717) is 0 Å². The third kappa shape index (κ3) is 1.75. The number of rotatable bonds is 2. The van der Waals surface area contributed by atoms with E-state index in [2.05, 4.69) is 0 Å². The van der Waals surface area contributed by atoms with Crippen molar-refractivity contribution in [2.24, 2.45) is 5.92 Å². The lowest BCUT2D eigenvalue weighted by atomic mass is 9.76. The van der Waals surface area contributed by atoms with E-state index in [9.17, 15) is 20.4 Å². The zero-order valence-electron chi connectivity index (χ0n) is 8.58. The molecule has 0 aromatic heterocycles. The Hall–Kier alpha value is -0.660.